The summed E-state index contributed by atoms with van der Waals surface area (Å²) < 4.78 is 0. The number of hydrogen-bond donors (Lipinski definition) is 1. The van der Waals surface area contributed by atoms with Crippen LogP contribution in [-0.2, 0) is 0 Å². The largest absolute Gasteiger partial charge is 0.508 e. The van der Waals surface area contributed by atoms with Gasteiger partial charge in [-0.05, 0) is 31.0 Å². The van der Waals surface area contributed by atoms with Crippen LogP contribution in [0.5, 0.6) is 5.75 Å². The molecule has 104 valence electrons. The van der Waals surface area contributed by atoms with E-state index in [0.29, 0.717) is 11.6 Å². The minimum Gasteiger partial charge on any atom is -0.508 e. The van der Waals surface area contributed by atoms with Crippen LogP contribution in [0.25, 0.3) is 0 Å². The Morgan fingerprint density at radius 2 is 2.05 bits per heavy atom. The maximum absolute atomic E-state index is 12.6. The minimum atomic E-state index is 0.0299. The van der Waals surface area contributed by atoms with Crippen molar-refractivity contribution < 1.29 is 9.90 Å². The van der Waals surface area contributed by atoms with Gasteiger partial charge < -0.3 is 10.0 Å². The van der Waals surface area contributed by atoms with Crippen LogP contribution in [-0.4, -0.2) is 33.8 Å². The van der Waals surface area contributed by atoms with E-state index in [0.717, 1.165) is 24.7 Å². The lowest BCUT2D eigenvalue weighted by Crippen LogP contribution is -2.42. The fourth-order valence-corrected chi connectivity index (χ4v) is 3.12. The molecule has 4 heteroatoms. The van der Waals surface area contributed by atoms with E-state index in [1.165, 1.54) is 19.3 Å². The van der Waals surface area contributed by atoms with E-state index in [1.54, 1.807) is 24.3 Å². The van der Waals surface area contributed by atoms with Gasteiger partial charge in [-0.25, -0.2) is 0 Å². The van der Waals surface area contributed by atoms with Gasteiger partial charge in [0.05, 0.1) is 0 Å². The first-order valence-electron chi connectivity index (χ1n) is 6.88. The highest BCUT2D eigenvalue weighted by atomic mass is 79.9. The van der Waals surface area contributed by atoms with Crippen molar-refractivity contribution in [3.63, 3.8) is 0 Å². The summed E-state index contributed by atoms with van der Waals surface area (Å²) >= 11 is 3.43. The van der Waals surface area contributed by atoms with Gasteiger partial charge in [0.1, 0.15) is 5.75 Å². The fourth-order valence-electron chi connectivity index (χ4n) is 2.74. The predicted molar refractivity (Wildman–Crippen MR) is 79.8 cm³/mol. The van der Waals surface area contributed by atoms with Crippen molar-refractivity contribution >= 4 is 21.8 Å². The zero-order valence-corrected chi connectivity index (χ0v) is 12.6. The number of halogens is 1. The molecular formula is C15H20BrNO2. The molecule has 1 aliphatic carbocycles. The Hall–Kier alpha value is -1.03. The molecule has 0 radical (unpaired) electrons. The summed E-state index contributed by atoms with van der Waals surface area (Å²) in [5.74, 6) is 0.176. The molecule has 0 aliphatic heterocycles. The van der Waals surface area contributed by atoms with Gasteiger partial charge in [0.15, 0.2) is 0 Å². The number of aromatic hydroxyl groups is 1. The maximum Gasteiger partial charge on any atom is 0.254 e. The molecule has 0 unspecified atom stereocenters. The summed E-state index contributed by atoms with van der Waals surface area (Å²) in [6.07, 6.45) is 5.88. The SMILES string of the molecule is O=C(c1cccc(O)c1)N(CCBr)C1CCCCC1. The van der Waals surface area contributed by atoms with Crippen LogP contribution in [0.4, 0.5) is 0 Å². The summed E-state index contributed by atoms with van der Waals surface area (Å²) in [4.78, 5) is 14.5. The van der Waals surface area contributed by atoms with Crippen LogP contribution in [0.3, 0.4) is 0 Å². The Bertz CT molecular complexity index is 430. The fraction of sp³-hybridized carbons (Fsp3) is 0.533. The molecule has 1 N–H and O–H groups in total. The third-order valence-corrected chi connectivity index (χ3v) is 4.05. The Morgan fingerprint density at radius 1 is 1.32 bits per heavy atom. The van der Waals surface area contributed by atoms with E-state index in [4.69, 9.17) is 0 Å². The first-order chi connectivity index (χ1) is 9.22. The lowest BCUT2D eigenvalue weighted by atomic mass is 9.93. The van der Waals surface area contributed by atoms with E-state index in [1.807, 2.05) is 4.90 Å². The van der Waals surface area contributed by atoms with E-state index in [9.17, 15) is 9.90 Å². The van der Waals surface area contributed by atoms with Crippen molar-refractivity contribution in [2.75, 3.05) is 11.9 Å². The number of phenols is 1. The molecule has 0 saturated heterocycles. The predicted octanol–water partition coefficient (Wildman–Crippen LogP) is 3.56. The third kappa shape index (κ3) is 3.72. The Labute approximate surface area is 122 Å². The van der Waals surface area contributed by atoms with Crippen molar-refractivity contribution in [2.45, 2.75) is 38.1 Å². The van der Waals surface area contributed by atoms with Crippen molar-refractivity contribution in [3.05, 3.63) is 29.8 Å². The Kier molecular flexibility index (Phi) is 5.25. The van der Waals surface area contributed by atoms with Gasteiger partial charge in [-0.1, -0.05) is 41.3 Å². The molecule has 0 bridgehead atoms. The Balaban J connectivity index is 2.15. The second-order valence-corrected chi connectivity index (χ2v) is 5.82. The molecule has 0 heterocycles. The minimum absolute atomic E-state index is 0.0299. The van der Waals surface area contributed by atoms with Gasteiger partial charge in [-0.3, -0.25) is 4.79 Å². The van der Waals surface area contributed by atoms with Gasteiger partial charge in [-0.15, -0.1) is 0 Å². The first-order valence-corrected chi connectivity index (χ1v) is 8.00. The highest BCUT2D eigenvalue weighted by Crippen LogP contribution is 2.24. The van der Waals surface area contributed by atoms with E-state index in [-0.39, 0.29) is 11.7 Å². The number of phenolic OH excluding ortho intramolecular Hbond substituents is 1. The molecule has 19 heavy (non-hydrogen) atoms. The zero-order valence-electron chi connectivity index (χ0n) is 11.0. The molecule has 1 aromatic carbocycles. The van der Waals surface area contributed by atoms with E-state index >= 15 is 0 Å². The van der Waals surface area contributed by atoms with Crippen LogP contribution in [0.15, 0.2) is 24.3 Å². The molecule has 2 rings (SSSR count). The summed E-state index contributed by atoms with van der Waals surface area (Å²) in [6, 6.07) is 6.97. The smallest absolute Gasteiger partial charge is 0.254 e. The number of benzene rings is 1. The average Bonchev–Trinajstić information content (AvgIpc) is 2.45. The molecule has 0 atom stereocenters. The molecule has 3 nitrogen and oxygen atoms in total. The standard InChI is InChI=1S/C15H20BrNO2/c16-9-10-17(13-6-2-1-3-7-13)15(19)12-5-4-8-14(18)11-12/h4-5,8,11,13,18H,1-3,6-7,9-10H2. The first kappa shape index (κ1) is 14.4. The molecule has 1 fully saturated rings. The number of rotatable bonds is 4. The number of alkyl halides is 1. The van der Waals surface area contributed by atoms with Gasteiger partial charge >= 0.3 is 0 Å². The quantitative estimate of drug-likeness (QED) is 0.860. The average molecular weight is 326 g/mol. The molecule has 1 aliphatic rings. The van der Waals surface area contributed by atoms with Crippen LogP contribution in [0, 0.1) is 0 Å². The normalized spacial score (nSPS) is 16.3. The molecule has 0 aromatic heterocycles. The monoisotopic (exact) mass is 325 g/mol. The van der Waals surface area contributed by atoms with Crippen LogP contribution in [0.1, 0.15) is 42.5 Å². The number of amides is 1. The molecule has 1 saturated carbocycles. The Morgan fingerprint density at radius 3 is 2.68 bits per heavy atom. The molecule has 0 spiro atoms. The highest BCUT2D eigenvalue weighted by molar-refractivity contribution is 9.09. The molecular weight excluding hydrogens is 306 g/mol. The van der Waals surface area contributed by atoms with Crippen LogP contribution in [0.2, 0.25) is 0 Å². The lowest BCUT2D eigenvalue weighted by Gasteiger charge is -2.34. The van der Waals surface area contributed by atoms with Crippen LogP contribution < -0.4 is 0 Å². The van der Waals surface area contributed by atoms with Gasteiger partial charge in [0, 0.05) is 23.5 Å². The topological polar surface area (TPSA) is 40.5 Å². The van der Waals surface area contributed by atoms with Crippen molar-refractivity contribution in [1.29, 1.82) is 0 Å². The summed E-state index contributed by atoms with van der Waals surface area (Å²) in [7, 11) is 0. The summed E-state index contributed by atoms with van der Waals surface area (Å²) in [5.41, 5.74) is 0.575. The van der Waals surface area contributed by atoms with Gasteiger partial charge in [0.2, 0.25) is 0 Å². The third-order valence-electron chi connectivity index (χ3n) is 3.69. The number of nitrogens with zero attached hydrogens (tertiary/aromatic N) is 1. The van der Waals surface area contributed by atoms with Crippen molar-refractivity contribution in [1.82, 2.24) is 4.90 Å². The number of carbonyl (C=O) groups excluding carboxylic acids is 1. The van der Waals surface area contributed by atoms with E-state index < -0.39 is 0 Å². The van der Waals surface area contributed by atoms with Crippen LogP contribution >= 0.6 is 15.9 Å². The molecule has 1 amide bonds. The lowest BCUT2D eigenvalue weighted by molar-refractivity contribution is 0.0650. The van der Waals surface area contributed by atoms with Gasteiger partial charge in [0.25, 0.3) is 5.91 Å². The second kappa shape index (κ2) is 6.94. The zero-order chi connectivity index (χ0) is 13.7. The highest BCUT2D eigenvalue weighted by Gasteiger charge is 2.25. The number of carbonyl (C=O) groups is 1. The second-order valence-electron chi connectivity index (χ2n) is 5.03. The summed E-state index contributed by atoms with van der Waals surface area (Å²) in [6.45, 7) is 0.721. The summed E-state index contributed by atoms with van der Waals surface area (Å²) in [5, 5.41) is 10.3. The van der Waals surface area contributed by atoms with Crippen molar-refractivity contribution in [2.24, 2.45) is 0 Å². The maximum atomic E-state index is 12.6. The van der Waals surface area contributed by atoms with E-state index in [2.05, 4.69) is 15.9 Å². The molecule has 1 aromatic rings. The van der Waals surface area contributed by atoms with Crippen molar-refractivity contribution in [3.8, 4) is 5.75 Å². The number of hydrogen-bond acceptors (Lipinski definition) is 2. The van der Waals surface area contributed by atoms with Gasteiger partial charge in [-0.2, -0.15) is 0 Å².